The molecule has 3 rings (SSSR count). The summed E-state index contributed by atoms with van der Waals surface area (Å²) in [6.45, 7) is 2.49. The SMILES string of the molecule is Cc1ccc(C=CS(=O)(=O)NCC2(c3ccsc3)CCCC2)cc1. The Morgan fingerprint density at radius 3 is 2.50 bits per heavy atom. The molecule has 0 spiro atoms. The van der Waals surface area contributed by atoms with Gasteiger partial charge in [-0.3, -0.25) is 0 Å². The molecule has 1 aliphatic rings. The monoisotopic (exact) mass is 361 g/mol. The van der Waals surface area contributed by atoms with Crippen LogP contribution in [0.1, 0.15) is 42.4 Å². The summed E-state index contributed by atoms with van der Waals surface area (Å²) in [6, 6.07) is 9.93. The summed E-state index contributed by atoms with van der Waals surface area (Å²) in [5.74, 6) is 0. The Kier molecular flexibility index (Phi) is 5.23. The summed E-state index contributed by atoms with van der Waals surface area (Å²) in [4.78, 5) is 0. The highest BCUT2D eigenvalue weighted by atomic mass is 32.2. The maximum Gasteiger partial charge on any atom is 0.233 e. The molecule has 0 radical (unpaired) electrons. The molecule has 0 bridgehead atoms. The molecule has 0 atom stereocenters. The molecule has 1 fully saturated rings. The molecule has 5 heteroatoms. The lowest BCUT2D eigenvalue weighted by molar-refractivity contribution is 0.435. The van der Waals surface area contributed by atoms with Gasteiger partial charge in [0.05, 0.1) is 0 Å². The van der Waals surface area contributed by atoms with Gasteiger partial charge in [0.25, 0.3) is 0 Å². The van der Waals surface area contributed by atoms with Gasteiger partial charge in [0.1, 0.15) is 0 Å². The molecule has 2 aromatic rings. The summed E-state index contributed by atoms with van der Waals surface area (Å²) in [5, 5.41) is 5.50. The van der Waals surface area contributed by atoms with Crippen LogP contribution < -0.4 is 4.72 Å². The van der Waals surface area contributed by atoms with Gasteiger partial charge in [0.2, 0.25) is 10.0 Å². The van der Waals surface area contributed by atoms with Crippen molar-refractivity contribution < 1.29 is 8.42 Å². The molecule has 128 valence electrons. The first kappa shape index (κ1) is 17.4. The fraction of sp³-hybridized carbons (Fsp3) is 0.368. The van der Waals surface area contributed by atoms with E-state index in [4.69, 9.17) is 0 Å². The van der Waals surface area contributed by atoms with E-state index in [-0.39, 0.29) is 5.41 Å². The molecule has 1 aromatic heterocycles. The zero-order valence-corrected chi connectivity index (χ0v) is 15.5. The van der Waals surface area contributed by atoms with Crippen molar-refractivity contribution in [2.45, 2.75) is 38.0 Å². The summed E-state index contributed by atoms with van der Waals surface area (Å²) in [5.41, 5.74) is 3.28. The van der Waals surface area contributed by atoms with Crippen LogP contribution >= 0.6 is 11.3 Å². The maximum atomic E-state index is 12.3. The quantitative estimate of drug-likeness (QED) is 0.826. The molecule has 1 N–H and O–H groups in total. The number of nitrogens with one attached hydrogen (secondary N) is 1. The van der Waals surface area contributed by atoms with Crippen LogP contribution in [0.5, 0.6) is 0 Å². The van der Waals surface area contributed by atoms with E-state index in [1.807, 2.05) is 31.2 Å². The van der Waals surface area contributed by atoms with E-state index in [2.05, 4.69) is 21.5 Å². The Balaban J connectivity index is 1.69. The number of thiophene rings is 1. The van der Waals surface area contributed by atoms with Crippen molar-refractivity contribution in [2.24, 2.45) is 0 Å². The van der Waals surface area contributed by atoms with Crippen LogP contribution in [-0.4, -0.2) is 15.0 Å². The highest BCUT2D eigenvalue weighted by molar-refractivity contribution is 7.92. The maximum absolute atomic E-state index is 12.3. The average Bonchev–Trinajstić information content (AvgIpc) is 3.25. The number of sulfonamides is 1. The van der Waals surface area contributed by atoms with Crippen LogP contribution in [0.2, 0.25) is 0 Å². The zero-order valence-electron chi connectivity index (χ0n) is 13.9. The van der Waals surface area contributed by atoms with Crippen molar-refractivity contribution in [2.75, 3.05) is 6.54 Å². The van der Waals surface area contributed by atoms with Gasteiger partial charge in [0, 0.05) is 17.4 Å². The minimum Gasteiger partial charge on any atom is -0.211 e. The normalized spacial score (nSPS) is 17.5. The Hall–Kier alpha value is -1.43. The Bertz CT molecular complexity index is 784. The number of rotatable bonds is 6. The third kappa shape index (κ3) is 4.15. The van der Waals surface area contributed by atoms with Gasteiger partial charge in [-0.05, 0) is 53.8 Å². The molecule has 1 aliphatic carbocycles. The van der Waals surface area contributed by atoms with Gasteiger partial charge in [-0.15, -0.1) is 0 Å². The summed E-state index contributed by atoms with van der Waals surface area (Å²) in [7, 11) is -3.43. The summed E-state index contributed by atoms with van der Waals surface area (Å²) < 4.78 is 27.5. The van der Waals surface area contributed by atoms with E-state index < -0.39 is 10.0 Å². The lowest BCUT2D eigenvalue weighted by atomic mass is 9.81. The topological polar surface area (TPSA) is 46.2 Å². The van der Waals surface area contributed by atoms with Gasteiger partial charge in [-0.2, -0.15) is 11.3 Å². The third-order valence-electron chi connectivity index (χ3n) is 4.82. The highest BCUT2D eigenvalue weighted by Crippen LogP contribution is 2.41. The lowest BCUT2D eigenvalue weighted by Crippen LogP contribution is -2.37. The van der Waals surface area contributed by atoms with Crippen molar-refractivity contribution in [3.05, 3.63) is 63.2 Å². The molecular weight excluding hydrogens is 338 g/mol. The van der Waals surface area contributed by atoms with E-state index in [9.17, 15) is 8.42 Å². The summed E-state index contributed by atoms with van der Waals surface area (Å²) in [6.07, 6.45) is 6.07. The van der Waals surface area contributed by atoms with E-state index >= 15 is 0 Å². The lowest BCUT2D eigenvalue weighted by Gasteiger charge is -2.28. The van der Waals surface area contributed by atoms with Gasteiger partial charge >= 0.3 is 0 Å². The standard InChI is InChI=1S/C19H23NO2S2/c1-16-4-6-17(7-5-16)9-13-24(21,22)20-15-19(10-2-3-11-19)18-8-12-23-14-18/h4-9,12-14,20H,2-3,10-11,15H2,1H3. The van der Waals surface area contributed by atoms with E-state index in [1.54, 1.807) is 17.4 Å². The Morgan fingerprint density at radius 1 is 1.17 bits per heavy atom. The first-order valence-electron chi connectivity index (χ1n) is 8.26. The molecule has 0 unspecified atom stereocenters. The molecule has 24 heavy (non-hydrogen) atoms. The van der Waals surface area contributed by atoms with Gasteiger partial charge in [0.15, 0.2) is 0 Å². The fourth-order valence-corrected chi connectivity index (χ4v) is 5.01. The summed E-state index contributed by atoms with van der Waals surface area (Å²) >= 11 is 1.68. The third-order valence-corrected chi connectivity index (χ3v) is 6.55. The van der Waals surface area contributed by atoms with Gasteiger partial charge in [-0.1, -0.05) is 42.7 Å². The van der Waals surface area contributed by atoms with E-state index in [0.717, 1.165) is 36.8 Å². The van der Waals surface area contributed by atoms with E-state index in [1.165, 1.54) is 11.0 Å². The predicted octanol–water partition coefficient (Wildman–Crippen LogP) is 4.46. The second kappa shape index (κ2) is 7.21. The molecule has 0 saturated heterocycles. The number of benzene rings is 1. The Morgan fingerprint density at radius 2 is 1.88 bits per heavy atom. The smallest absolute Gasteiger partial charge is 0.211 e. The van der Waals surface area contributed by atoms with Crippen LogP contribution in [0, 0.1) is 6.92 Å². The second-order valence-corrected chi connectivity index (χ2v) is 9.01. The predicted molar refractivity (Wildman–Crippen MR) is 102 cm³/mol. The van der Waals surface area contributed by atoms with Crippen molar-refractivity contribution in [1.82, 2.24) is 4.72 Å². The molecule has 1 saturated carbocycles. The average molecular weight is 362 g/mol. The van der Waals surface area contributed by atoms with Gasteiger partial charge < -0.3 is 0 Å². The number of aryl methyl sites for hydroxylation is 1. The van der Waals surface area contributed by atoms with Crippen molar-refractivity contribution >= 4 is 27.4 Å². The minimum absolute atomic E-state index is 0.0369. The first-order valence-corrected chi connectivity index (χ1v) is 10.8. The largest absolute Gasteiger partial charge is 0.233 e. The van der Waals surface area contributed by atoms with Crippen molar-refractivity contribution in [1.29, 1.82) is 0 Å². The molecule has 1 aromatic carbocycles. The number of hydrogen-bond acceptors (Lipinski definition) is 3. The molecule has 0 aliphatic heterocycles. The molecule has 3 nitrogen and oxygen atoms in total. The molecule has 1 heterocycles. The van der Waals surface area contributed by atoms with Crippen LogP contribution in [0.15, 0.2) is 46.5 Å². The Labute approximate surface area is 148 Å². The zero-order chi connectivity index (χ0) is 17.0. The van der Waals surface area contributed by atoms with Crippen LogP contribution in [0.3, 0.4) is 0 Å². The number of hydrogen-bond donors (Lipinski definition) is 1. The second-order valence-electron chi connectivity index (χ2n) is 6.58. The molecular formula is C19H23NO2S2. The molecule has 0 amide bonds. The van der Waals surface area contributed by atoms with Crippen LogP contribution in [0.4, 0.5) is 0 Å². The van der Waals surface area contributed by atoms with E-state index in [0.29, 0.717) is 6.54 Å². The van der Waals surface area contributed by atoms with Crippen molar-refractivity contribution in [3.63, 3.8) is 0 Å². The minimum atomic E-state index is -3.43. The fourth-order valence-electron chi connectivity index (χ4n) is 3.32. The van der Waals surface area contributed by atoms with Crippen molar-refractivity contribution in [3.8, 4) is 0 Å². The van der Waals surface area contributed by atoms with Gasteiger partial charge in [-0.25, -0.2) is 13.1 Å². The van der Waals surface area contributed by atoms with Crippen LogP contribution in [0.25, 0.3) is 6.08 Å². The first-order chi connectivity index (χ1) is 11.5. The highest BCUT2D eigenvalue weighted by Gasteiger charge is 2.36. The van der Waals surface area contributed by atoms with Crippen LogP contribution in [-0.2, 0) is 15.4 Å².